The second-order valence-corrected chi connectivity index (χ2v) is 8.45. The van der Waals surface area contributed by atoms with Crippen molar-refractivity contribution in [3.05, 3.63) is 62.6 Å². The highest BCUT2D eigenvalue weighted by molar-refractivity contribution is 7.71. The molecular weight excluding hydrogens is 356 g/mol. The summed E-state index contributed by atoms with van der Waals surface area (Å²) in [4.78, 5) is 1.24. The van der Waals surface area contributed by atoms with Crippen LogP contribution in [0.3, 0.4) is 0 Å². The molecule has 2 nitrogen and oxygen atoms in total. The molecular formula is C19H17ClN2S2. The van der Waals surface area contributed by atoms with Crippen molar-refractivity contribution in [2.24, 2.45) is 0 Å². The van der Waals surface area contributed by atoms with E-state index in [4.69, 9.17) is 23.8 Å². The van der Waals surface area contributed by atoms with Crippen LogP contribution in [0, 0.1) is 11.6 Å². The van der Waals surface area contributed by atoms with Gasteiger partial charge in [0.05, 0.1) is 16.1 Å². The number of hydrogen-bond donors (Lipinski definition) is 1. The summed E-state index contributed by atoms with van der Waals surface area (Å²) in [5, 5.41) is 4.34. The molecule has 0 aliphatic carbocycles. The van der Waals surface area contributed by atoms with E-state index in [1.165, 1.54) is 10.4 Å². The standard InChI is InChI=1S/C19H17ClN2S2/c1-11-4-7-13(8-5-11)22-18(23)16-14-10-12(20)6-9-15(14)21-19(2,3)17(16)24-22/h4-10,21H,1-3H3. The zero-order chi connectivity index (χ0) is 17.1. The molecule has 122 valence electrons. The molecule has 0 radical (unpaired) electrons. The molecule has 0 atom stereocenters. The van der Waals surface area contributed by atoms with Crippen LogP contribution in [-0.2, 0) is 5.54 Å². The zero-order valence-corrected chi connectivity index (χ0v) is 16.1. The van der Waals surface area contributed by atoms with Gasteiger partial charge < -0.3 is 5.32 Å². The maximum atomic E-state index is 6.24. The van der Waals surface area contributed by atoms with Crippen LogP contribution >= 0.6 is 35.4 Å². The van der Waals surface area contributed by atoms with E-state index in [-0.39, 0.29) is 5.54 Å². The lowest BCUT2D eigenvalue weighted by molar-refractivity contribution is 0.620. The topological polar surface area (TPSA) is 17.0 Å². The van der Waals surface area contributed by atoms with E-state index in [2.05, 4.69) is 54.3 Å². The molecule has 0 unspecified atom stereocenters. The second kappa shape index (κ2) is 5.45. The van der Waals surface area contributed by atoms with Crippen LogP contribution in [0.5, 0.6) is 0 Å². The van der Waals surface area contributed by atoms with Crippen LogP contribution in [0.15, 0.2) is 42.5 Å². The number of anilines is 1. The molecule has 2 aromatic carbocycles. The number of hydrogen-bond acceptors (Lipinski definition) is 3. The summed E-state index contributed by atoms with van der Waals surface area (Å²) < 4.78 is 2.98. The maximum Gasteiger partial charge on any atom is 0.129 e. The first kappa shape index (κ1) is 15.9. The minimum Gasteiger partial charge on any atom is -0.375 e. The van der Waals surface area contributed by atoms with Crippen molar-refractivity contribution in [2.75, 3.05) is 5.32 Å². The van der Waals surface area contributed by atoms with Gasteiger partial charge in [-0.3, -0.25) is 3.96 Å². The Morgan fingerprint density at radius 1 is 1.12 bits per heavy atom. The molecule has 0 saturated carbocycles. The van der Waals surface area contributed by atoms with Crippen LogP contribution in [0.1, 0.15) is 24.3 Å². The van der Waals surface area contributed by atoms with Gasteiger partial charge in [-0.05, 0) is 51.1 Å². The molecule has 0 saturated heterocycles. The molecule has 0 spiro atoms. The molecule has 24 heavy (non-hydrogen) atoms. The van der Waals surface area contributed by atoms with Crippen LogP contribution in [0.2, 0.25) is 5.02 Å². The molecule has 1 aromatic heterocycles. The minimum atomic E-state index is -0.176. The van der Waals surface area contributed by atoms with Gasteiger partial charge in [0.1, 0.15) is 4.64 Å². The minimum absolute atomic E-state index is 0.176. The van der Waals surface area contributed by atoms with E-state index in [0.717, 1.165) is 32.2 Å². The van der Waals surface area contributed by atoms with Gasteiger partial charge in [-0.25, -0.2) is 0 Å². The highest BCUT2D eigenvalue weighted by Gasteiger charge is 2.34. The number of fused-ring (bicyclic) bond motifs is 3. The van der Waals surface area contributed by atoms with E-state index in [9.17, 15) is 0 Å². The summed E-state index contributed by atoms with van der Waals surface area (Å²) in [5.41, 5.74) is 5.46. The van der Waals surface area contributed by atoms with Gasteiger partial charge in [0.2, 0.25) is 0 Å². The van der Waals surface area contributed by atoms with E-state index in [1.807, 2.05) is 18.2 Å². The largest absolute Gasteiger partial charge is 0.375 e. The number of benzene rings is 2. The predicted molar refractivity (Wildman–Crippen MR) is 106 cm³/mol. The fraction of sp³-hybridized carbons (Fsp3) is 0.211. The van der Waals surface area contributed by atoms with Crippen molar-refractivity contribution < 1.29 is 0 Å². The number of rotatable bonds is 1. The molecule has 2 heterocycles. The number of nitrogens with zero attached hydrogens (tertiary/aromatic N) is 1. The van der Waals surface area contributed by atoms with Crippen molar-refractivity contribution in [1.82, 2.24) is 3.96 Å². The molecule has 0 amide bonds. The van der Waals surface area contributed by atoms with Crippen molar-refractivity contribution in [1.29, 1.82) is 0 Å². The molecule has 1 aliphatic heterocycles. The van der Waals surface area contributed by atoms with Gasteiger partial charge in [0.15, 0.2) is 0 Å². The Hall–Kier alpha value is -1.62. The predicted octanol–water partition coefficient (Wildman–Crippen LogP) is 6.56. The Balaban J connectivity index is 2.01. The number of aromatic nitrogens is 1. The van der Waals surface area contributed by atoms with E-state index in [1.54, 1.807) is 11.5 Å². The number of halogens is 1. The van der Waals surface area contributed by atoms with E-state index in [0.29, 0.717) is 0 Å². The van der Waals surface area contributed by atoms with Crippen molar-refractivity contribution in [3.63, 3.8) is 0 Å². The second-order valence-electron chi connectivity index (χ2n) is 6.67. The van der Waals surface area contributed by atoms with Gasteiger partial charge in [-0.15, -0.1) is 0 Å². The summed E-state index contributed by atoms with van der Waals surface area (Å²) in [7, 11) is 0. The lowest BCUT2D eigenvalue weighted by Crippen LogP contribution is -2.30. The first-order chi connectivity index (χ1) is 11.4. The number of nitrogens with one attached hydrogen (secondary N) is 1. The van der Waals surface area contributed by atoms with Gasteiger partial charge in [-0.1, -0.05) is 53.0 Å². The Morgan fingerprint density at radius 3 is 2.54 bits per heavy atom. The quantitative estimate of drug-likeness (QED) is 0.487. The maximum absolute atomic E-state index is 6.24. The molecule has 4 rings (SSSR count). The Bertz CT molecular complexity index is 997. The number of aryl methyl sites for hydroxylation is 1. The van der Waals surface area contributed by atoms with E-state index >= 15 is 0 Å². The summed E-state index contributed by atoms with van der Waals surface area (Å²) in [5.74, 6) is 0. The van der Waals surface area contributed by atoms with Crippen molar-refractivity contribution in [3.8, 4) is 16.8 Å². The fourth-order valence-electron chi connectivity index (χ4n) is 3.12. The van der Waals surface area contributed by atoms with Crippen LogP contribution < -0.4 is 5.32 Å². The van der Waals surface area contributed by atoms with Crippen LogP contribution in [0.25, 0.3) is 16.8 Å². The van der Waals surface area contributed by atoms with Gasteiger partial charge >= 0.3 is 0 Å². The zero-order valence-electron chi connectivity index (χ0n) is 13.7. The lowest BCUT2D eigenvalue weighted by Gasteiger charge is -2.33. The fourth-order valence-corrected chi connectivity index (χ4v) is 4.94. The lowest BCUT2D eigenvalue weighted by atomic mass is 9.90. The smallest absolute Gasteiger partial charge is 0.129 e. The summed E-state index contributed by atoms with van der Waals surface area (Å²) >= 11 is 13.8. The molecule has 5 heteroatoms. The molecule has 3 aromatic rings. The first-order valence-electron chi connectivity index (χ1n) is 7.79. The van der Waals surface area contributed by atoms with Gasteiger partial charge in [0, 0.05) is 21.8 Å². The third-order valence-electron chi connectivity index (χ3n) is 4.34. The van der Waals surface area contributed by atoms with Crippen LogP contribution in [0.4, 0.5) is 5.69 Å². The first-order valence-corrected chi connectivity index (χ1v) is 9.35. The SMILES string of the molecule is Cc1ccc(-n2sc3c(c2=S)-c2cc(Cl)ccc2NC3(C)C)cc1. The summed E-state index contributed by atoms with van der Waals surface area (Å²) in [6.07, 6.45) is 0. The van der Waals surface area contributed by atoms with Gasteiger partial charge in [-0.2, -0.15) is 0 Å². The van der Waals surface area contributed by atoms with E-state index < -0.39 is 0 Å². The highest BCUT2D eigenvalue weighted by atomic mass is 35.5. The Kier molecular flexibility index (Phi) is 3.60. The Morgan fingerprint density at radius 2 is 1.83 bits per heavy atom. The summed E-state index contributed by atoms with van der Waals surface area (Å²) in [6.45, 7) is 6.47. The average molecular weight is 373 g/mol. The average Bonchev–Trinajstić information content (AvgIpc) is 2.88. The molecule has 0 fully saturated rings. The third-order valence-corrected chi connectivity index (χ3v) is 6.55. The van der Waals surface area contributed by atoms with Crippen LogP contribution in [-0.4, -0.2) is 3.96 Å². The van der Waals surface area contributed by atoms with Crippen molar-refractivity contribution >= 4 is 41.0 Å². The molecule has 1 aliphatic rings. The Labute approximate surface area is 155 Å². The molecule has 0 bridgehead atoms. The monoisotopic (exact) mass is 372 g/mol. The third kappa shape index (κ3) is 2.41. The molecule has 1 N–H and O–H groups in total. The highest BCUT2D eigenvalue weighted by Crippen LogP contribution is 2.48. The van der Waals surface area contributed by atoms with Gasteiger partial charge in [0.25, 0.3) is 0 Å². The van der Waals surface area contributed by atoms with Crippen molar-refractivity contribution in [2.45, 2.75) is 26.3 Å². The normalized spacial score (nSPS) is 14.7. The summed E-state index contributed by atoms with van der Waals surface area (Å²) in [6, 6.07) is 14.4.